The standard InChI is InChI=1S/C21H18N2O6/c1-14(20(24)22-13-15-5-3-2-4-6-15)28-21(25)19-12-11-18(29-19)16-7-9-17(10-8-16)23(26)27/h2-12,14H,13H2,1H3,(H,22,24)/t14-/m1/s1. The Morgan fingerprint density at radius 3 is 2.41 bits per heavy atom. The monoisotopic (exact) mass is 394 g/mol. The number of nitrogens with one attached hydrogen (secondary N) is 1. The molecule has 1 amide bonds. The highest BCUT2D eigenvalue weighted by molar-refractivity contribution is 5.90. The lowest BCUT2D eigenvalue weighted by atomic mass is 10.1. The van der Waals surface area contributed by atoms with Crippen molar-refractivity contribution in [2.24, 2.45) is 0 Å². The number of ether oxygens (including phenoxy) is 1. The molecule has 1 aromatic heterocycles. The second kappa shape index (κ2) is 8.83. The van der Waals surface area contributed by atoms with Crippen molar-refractivity contribution in [1.82, 2.24) is 5.32 Å². The number of hydrogen-bond donors (Lipinski definition) is 1. The number of nitro benzene ring substituents is 1. The molecule has 2 aromatic carbocycles. The van der Waals surface area contributed by atoms with Gasteiger partial charge in [-0.1, -0.05) is 30.3 Å². The van der Waals surface area contributed by atoms with Gasteiger partial charge in [-0.15, -0.1) is 0 Å². The van der Waals surface area contributed by atoms with Crippen molar-refractivity contribution >= 4 is 17.6 Å². The van der Waals surface area contributed by atoms with E-state index in [2.05, 4.69) is 5.32 Å². The number of hydrogen-bond acceptors (Lipinski definition) is 6. The molecule has 0 radical (unpaired) electrons. The van der Waals surface area contributed by atoms with Crippen LogP contribution in [0.4, 0.5) is 5.69 Å². The van der Waals surface area contributed by atoms with Gasteiger partial charge in [0, 0.05) is 24.2 Å². The molecule has 8 heteroatoms. The maximum Gasteiger partial charge on any atom is 0.375 e. The minimum absolute atomic E-state index is 0.0460. The van der Waals surface area contributed by atoms with Gasteiger partial charge in [0.05, 0.1) is 4.92 Å². The Balaban J connectivity index is 1.57. The molecule has 3 aromatic rings. The largest absolute Gasteiger partial charge is 0.449 e. The number of benzene rings is 2. The summed E-state index contributed by atoms with van der Waals surface area (Å²) in [4.78, 5) is 34.6. The van der Waals surface area contributed by atoms with Crippen molar-refractivity contribution in [2.45, 2.75) is 19.6 Å². The topological polar surface area (TPSA) is 112 Å². The number of furan rings is 1. The average Bonchev–Trinajstić information content (AvgIpc) is 3.23. The summed E-state index contributed by atoms with van der Waals surface area (Å²) in [7, 11) is 0. The van der Waals surface area contributed by atoms with E-state index in [1.807, 2.05) is 30.3 Å². The Labute approximate surface area is 166 Å². The van der Waals surface area contributed by atoms with Crippen LogP contribution in [0.1, 0.15) is 23.0 Å². The highest BCUT2D eigenvalue weighted by Crippen LogP contribution is 2.25. The highest BCUT2D eigenvalue weighted by Gasteiger charge is 2.21. The molecule has 148 valence electrons. The van der Waals surface area contributed by atoms with Crippen LogP contribution in [-0.4, -0.2) is 22.9 Å². The van der Waals surface area contributed by atoms with Gasteiger partial charge in [0.25, 0.3) is 11.6 Å². The van der Waals surface area contributed by atoms with Gasteiger partial charge in [0.1, 0.15) is 5.76 Å². The Morgan fingerprint density at radius 2 is 1.76 bits per heavy atom. The second-order valence-corrected chi connectivity index (χ2v) is 6.22. The lowest BCUT2D eigenvalue weighted by Gasteiger charge is -2.12. The predicted octanol–water partition coefficient (Wildman–Crippen LogP) is 3.72. The molecule has 0 spiro atoms. The van der Waals surface area contributed by atoms with Crippen molar-refractivity contribution < 1.29 is 23.7 Å². The number of esters is 1. The van der Waals surface area contributed by atoms with E-state index in [-0.39, 0.29) is 11.4 Å². The molecule has 8 nitrogen and oxygen atoms in total. The summed E-state index contributed by atoms with van der Waals surface area (Å²) < 4.78 is 10.6. The first kappa shape index (κ1) is 19.8. The number of carbonyl (C=O) groups is 2. The molecule has 29 heavy (non-hydrogen) atoms. The lowest BCUT2D eigenvalue weighted by Crippen LogP contribution is -2.35. The van der Waals surface area contributed by atoms with Crippen molar-refractivity contribution in [2.75, 3.05) is 0 Å². The molecule has 0 aliphatic heterocycles. The van der Waals surface area contributed by atoms with Crippen LogP contribution in [-0.2, 0) is 16.1 Å². The zero-order chi connectivity index (χ0) is 20.8. The molecule has 0 saturated carbocycles. The van der Waals surface area contributed by atoms with Crippen molar-refractivity contribution in [3.05, 3.63) is 88.2 Å². The van der Waals surface area contributed by atoms with Crippen LogP contribution in [0.5, 0.6) is 0 Å². The second-order valence-electron chi connectivity index (χ2n) is 6.22. The Morgan fingerprint density at radius 1 is 1.07 bits per heavy atom. The van der Waals surface area contributed by atoms with Gasteiger partial charge >= 0.3 is 5.97 Å². The summed E-state index contributed by atoms with van der Waals surface area (Å²) in [6.07, 6.45) is -1.00. The summed E-state index contributed by atoms with van der Waals surface area (Å²) >= 11 is 0. The quantitative estimate of drug-likeness (QED) is 0.371. The van der Waals surface area contributed by atoms with Gasteiger partial charge in [-0.05, 0) is 36.8 Å². The smallest absolute Gasteiger partial charge is 0.375 e. The first-order valence-electron chi connectivity index (χ1n) is 8.81. The van der Waals surface area contributed by atoms with E-state index >= 15 is 0 Å². The van der Waals surface area contributed by atoms with Crippen LogP contribution in [0.15, 0.2) is 71.1 Å². The SMILES string of the molecule is C[C@@H](OC(=O)c1ccc(-c2ccc([N+](=O)[O-])cc2)o1)C(=O)NCc1ccccc1. The number of non-ortho nitro benzene ring substituents is 1. The Hall–Kier alpha value is -3.94. The van der Waals surface area contributed by atoms with E-state index in [1.165, 1.54) is 37.3 Å². The highest BCUT2D eigenvalue weighted by atomic mass is 16.6. The summed E-state index contributed by atoms with van der Waals surface area (Å²) in [6.45, 7) is 1.80. The van der Waals surface area contributed by atoms with E-state index in [1.54, 1.807) is 6.07 Å². The third kappa shape index (κ3) is 5.07. The molecule has 1 heterocycles. The van der Waals surface area contributed by atoms with Crippen LogP contribution < -0.4 is 5.32 Å². The van der Waals surface area contributed by atoms with E-state index in [0.29, 0.717) is 17.9 Å². The maximum atomic E-state index is 12.2. The van der Waals surface area contributed by atoms with E-state index in [9.17, 15) is 19.7 Å². The summed E-state index contributed by atoms with van der Waals surface area (Å²) in [5, 5.41) is 13.4. The van der Waals surface area contributed by atoms with E-state index in [0.717, 1.165) is 5.56 Å². The zero-order valence-electron chi connectivity index (χ0n) is 15.5. The summed E-state index contributed by atoms with van der Waals surface area (Å²) in [5.41, 5.74) is 1.46. The molecule has 0 unspecified atom stereocenters. The molecule has 0 aliphatic carbocycles. The van der Waals surface area contributed by atoms with Crippen LogP contribution in [0, 0.1) is 10.1 Å². The Bertz CT molecular complexity index is 1010. The summed E-state index contributed by atoms with van der Waals surface area (Å²) in [6, 6.07) is 18.1. The molecule has 0 fully saturated rings. The number of nitro groups is 1. The molecular formula is C21H18N2O6. The molecular weight excluding hydrogens is 376 g/mol. The van der Waals surface area contributed by atoms with Gasteiger partial charge in [0.2, 0.25) is 5.76 Å². The van der Waals surface area contributed by atoms with Crippen LogP contribution >= 0.6 is 0 Å². The van der Waals surface area contributed by atoms with Crippen molar-refractivity contribution in [1.29, 1.82) is 0 Å². The summed E-state index contributed by atoms with van der Waals surface area (Å²) in [5.74, 6) is -0.918. The first-order chi connectivity index (χ1) is 13.9. The minimum atomic E-state index is -1.00. The Kier molecular flexibility index (Phi) is 6.03. The fraction of sp³-hybridized carbons (Fsp3) is 0.143. The number of amides is 1. The van der Waals surface area contributed by atoms with Gasteiger partial charge in [-0.3, -0.25) is 14.9 Å². The van der Waals surface area contributed by atoms with E-state index < -0.39 is 22.9 Å². The predicted molar refractivity (Wildman–Crippen MR) is 104 cm³/mol. The van der Waals surface area contributed by atoms with Gasteiger partial charge in [-0.25, -0.2) is 4.79 Å². The normalized spacial score (nSPS) is 11.5. The third-order valence-electron chi connectivity index (χ3n) is 4.13. The van der Waals surface area contributed by atoms with Gasteiger partial charge < -0.3 is 14.5 Å². The third-order valence-corrected chi connectivity index (χ3v) is 4.13. The van der Waals surface area contributed by atoms with Crippen LogP contribution in [0.3, 0.4) is 0 Å². The van der Waals surface area contributed by atoms with Crippen LogP contribution in [0.25, 0.3) is 11.3 Å². The molecule has 0 bridgehead atoms. The zero-order valence-corrected chi connectivity index (χ0v) is 15.5. The fourth-order valence-corrected chi connectivity index (χ4v) is 2.55. The van der Waals surface area contributed by atoms with E-state index in [4.69, 9.17) is 9.15 Å². The molecule has 1 atom stereocenters. The maximum absolute atomic E-state index is 12.2. The molecule has 0 aliphatic rings. The minimum Gasteiger partial charge on any atom is -0.449 e. The van der Waals surface area contributed by atoms with Gasteiger partial charge in [-0.2, -0.15) is 0 Å². The number of nitrogens with zero attached hydrogens (tertiary/aromatic N) is 1. The molecule has 3 rings (SSSR count). The number of carbonyl (C=O) groups excluding carboxylic acids is 2. The number of rotatable bonds is 7. The first-order valence-corrected chi connectivity index (χ1v) is 8.81. The molecule has 1 N–H and O–H groups in total. The van der Waals surface area contributed by atoms with Crippen molar-refractivity contribution in [3.8, 4) is 11.3 Å². The lowest BCUT2D eigenvalue weighted by molar-refractivity contribution is -0.384. The van der Waals surface area contributed by atoms with Gasteiger partial charge in [0.15, 0.2) is 6.10 Å². The van der Waals surface area contributed by atoms with Crippen LogP contribution in [0.2, 0.25) is 0 Å². The molecule has 0 saturated heterocycles. The van der Waals surface area contributed by atoms with Crippen molar-refractivity contribution in [3.63, 3.8) is 0 Å². The average molecular weight is 394 g/mol. The fourth-order valence-electron chi connectivity index (χ4n) is 2.55.